The van der Waals surface area contributed by atoms with Gasteiger partial charge in [-0.05, 0) is 52.7 Å². The zero-order valence-corrected chi connectivity index (χ0v) is 12.6. The van der Waals surface area contributed by atoms with Gasteiger partial charge in [-0.15, -0.1) is 0 Å². The number of carbonyl (C=O) groups is 1. The molecule has 0 aromatic heterocycles. The fourth-order valence-corrected chi connectivity index (χ4v) is 2.85. The number of nitrogens with one attached hydrogen (secondary N) is 1. The molecule has 19 heavy (non-hydrogen) atoms. The van der Waals surface area contributed by atoms with E-state index in [4.69, 9.17) is 0 Å². The van der Waals surface area contributed by atoms with E-state index in [0.29, 0.717) is 6.04 Å². The van der Waals surface area contributed by atoms with Crippen LogP contribution in [0.15, 0.2) is 18.2 Å². The fourth-order valence-electron chi connectivity index (χ4n) is 2.85. The van der Waals surface area contributed by atoms with Crippen molar-refractivity contribution in [2.45, 2.75) is 52.6 Å². The lowest BCUT2D eigenvalue weighted by atomic mass is 10.0. The average molecular weight is 260 g/mol. The van der Waals surface area contributed by atoms with Gasteiger partial charge < -0.3 is 10.2 Å². The van der Waals surface area contributed by atoms with Crippen molar-refractivity contribution in [1.29, 1.82) is 0 Å². The molecule has 1 aliphatic rings. The molecule has 1 aromatic carbocycles. The van der Waals surface area contributed by atoms with Gasteiger partial charge in [0.15, 0.2) is 0 Å². The van der Waals surface area contributed by atoms with Crippen molar-refractivity contribution in [3.05, 3.63) is 29.3 Å². The fraction of sp³-hybridized carbons (Fsp3) is 0.562. The van der Waals surface area contributed by atoms with Crippen molar-refractivity contribution < 1.29 is 4.79 Å². The number of carbonyl (C=O) groups excluding carboxylic acids is 1. The predicted octanol–water partition coefficient (Wildman–Crippen LogP) is 2.80. The Hall–Kier alpha value is -1.35. The quantitative estimate of drug-likeness (QED) is 0.842. The van der Waals surface area contributed by atoms with Crippen molar-refractivity contribution in [3.63, 3.8) is 0 Å². The zero-order valence-electron chi connectivity index (χ0n) is 12.6. The van der Waals surface area contributed by atoms with Crippen molar-refractivity contribution >= 4 is 11.6 Å². The Morgan fingerprint density at radius 1 is 1.32 bits per heavy atom. The van der Waals surface area contributed by atoms with Gasteiger partial charge in [0.1, 0.15) is 0 Å². The molecule has 1 unspecified atom stereocenters. The van der Waals surface area contributed by atoms with E-state index in [-0.39, 0.29) is 5.91 Å². The minimum atomic E-state index is -0.507. The number of benzene rings is 1. The van der Waals surface area contributed by atoms with Crippen LogP contribution in [0.3, 0.4) is 0 Å². The normalized spacial score (nSPS) is 23.3. The highest BCUT2D eigenvalue weighted by atomic mass is 16.2. The predicted molar refractivity (Wildman–Crippen MR) is 79.6 cm³/mol. The molecule has 1 aliphatic heterocycles. The van der Waals surface area contributed by atoms with E-state index in [1.807, 2.05) is 18.7 Å². The molecule has 1 heterocycles. The summed E-state index contributed by atoms with van der Waals surface area (Å²) in [5.41, 5.74) is 2.93. The number of nitrogens with zero attached hydrogens (tertiary/aromatic N) is 1. The molecule has 1 N–H and O–H groups in total. The average Bonchev–Trinajstić information content (AvgIpc) is 2.38. The van der Waals surface area contributed by atoms with Crippen molar-refractivity contribution in [1.82, 2.24) is 5.32 Å². The highest BCUT2D eigenvalue weighted by Crippen LogP contribution is 2.26. The van der Waals surface area contributed by atoms with E-state index in [9.17, 15) is 4.79 Å². The second kappa shape index (κ2) is 4.97. The number of aryl methyl sites for hydroxylation is 2. The summed E-state index contributed by atoms with van der Waals surface area (Å²) in [4.78, 5) is 14.6. The Morgan fingerprint density at radius 3 is 2.63 bits per heavy atom. The first-order valence-electron chi connectivity index (χ1n) is 6.98. The van der Waals surface area contributed by atoms with E-state index in [0.717, 1.165) is 18.7 Å². The molecule has 1 aromatic rings. The summed E-state index contributed by atoms with van der Waals surface area (Å²) in [5, 5.41) is 3.41. The van der Waals surface area contributed by atoms with E-state index in [1.165, 1.54) is 11.1 Å². The van der Waals surface area contributed by atoms with Crippen LogP contribution < -0.4 is 10.2 Å². The molecule has 0 spiro atoms. The summed E-state index contributed by atoms with van der Waals surface area (Å²) >= 11 is 0. The Labute approximate surface area is 116 Å². The molecule has 0 bridgehead atoms. The van der Waals surface area contributed by atoms with Crippen LogP contribution in [-0.2, 0) is 4.79 Å². The Morgan fingerprint density at radius 2 is 2.00 bits per heavy atom. The van der Waals surface area contributed by atoms with Gasteiger partial charge in [-0.25, -0.2) is 0 Å². The van der Waals surface area contributed by atoms with Gasteiger partial charge in [0.2, 0.25) is 5.91 Å². The monoisotopic (exact) mass is 260 g/mol. The van der Waals surface area contributed by atoms with E-state index < -0.39 is 5.54 Å². The SMILES string of the molecule is Cc1ccc(N2CCC(C)NC(C)(C)C2=O)c(C)c1. The second-order valence-electron chi connectivity index (χ2n) is 6.21. The molecular formula is C16H24N2O. The molecule has 1 fully saturated rings. The second-order valence-corrected chi connectivity index (χ2v) is 6.21. The number of hydrogen-bond donors (Lipinski definition) is 1. The third-order valence-corrected chi connectivity index (χ3v) is 3.82. The molecule has 3 heteroatoms. The van der Waals surface area contributed by atoms with Gasteiger partial charge >= 0.3 is 0 Å². The van der Waals surface area contributed by atoms with Crippen molar-refractivity contribution in [3.8, 4) is 0 Å². The van der Waals surface area contributed by atoms with Crippen LogP contribution in [0.2, 0.25) is 0 Å². The molecule has 1 amide bonds. The summed E-state index contributed by atoms with van der Waals surface area (Å²) in [6, 6.07) is 6.63. The summed E-state index contributed by atoms with van der Waals surface area (Å²) in [6.07, 6.45) is 0.975. The molecule has 1 atom stereocenters. The lowest BCUT2D eigenvalue weighted by Crippen LogP contribution is -2.53. The van der Waals surface area contributed by atoms with Gasteiger partial charge in [0.05, 0.1) is 5.54 Å². The molecule has 0 radical (unpaired) electrons. The largest absolute Gasteiger partial charge is 0.311 e. The molecule has 0 aliphatic carbocycles. The molecular weight excluding hydrogens is 236 g/mol. The number of rotatable bonds is 1. The van der Waals surface area contributed by atoms with Gasteiger partial charge in [0.25, 0.3) is 0 Å². The minimum absolute atomic E-state index is 0.156. The van der Waals surface area contributed by atoms with Gasteiger partial charge in [-0.2, -0.15) is 0 Å². The summed E-state index contributed by atoms with van der Waals surface area (Å²) in [6.45, 7) is 11.0. The first-order valence-corrected chi connectivity index (χ1v) is 6.98. The third-order valence-electron chi connectivity index (χ3n) is 3.82. The third kappa shape index (κ3) is 2.81. The highest BCUT2D eigenvalue weighted by Gasteiger charge is 2.36. The molecule has 3 nitrogen and oxygen atoms in total. The summed E-state index contributed by atoms with van der Waals surface area (Å²) < 4.78 is 0. The first kappa shape index (κ1) is 14.1. The van der Waals surface area contributed by atoms with Crippen LogP contribution in [-0.4, -0.2) is 24.0 Å². The molecule has 104 valence electrons. The highest BCUT2D eigenvalue weighted by molar-refractivity contribution is 6.00. The summed E-state index contributed by atoms with van der Waals surface area (Å²) in [7, 11) is 0. The maximum Gasteiger partial charge on any atom is 0.246 e. The van der Waals surface area contributed by atoms with Gasteiger partial charge in [-0.1, -0.05) is 17.7 Å². The number of hydrogen-bond acceptors (Lipinski definition) is 2. The van der Waals surface area contributed by atoms with E-state index >= 15 is 0 Å². The lowest BCUT2D eigenvalue weighted by molar-refractivity contribution is -0.123. The summed E-state index contributed by atoms with van der Waals surface area (Å²) in [5.74, 6) is 0.156. The van der Waals surface area contributed by atoms with Crippen molar-refractivity contribution in [2.75, 3.05) is 11.4 Å². The molecule has 2 rings (SSSR count). The van der Waals surface area contributed by atoms with Gasteiger partial charge in [-0.3, -0.25) is 4.79 Å². The van der Waals surface area contributed by atoms with Gasteiger partial charge in [0, 0.05) is 18.3 Å². The standard InChI is InChI=1S/C16H24N2O/c1-11-6-7-14(12(2)10-11)18-9-8-13(3)17-16(4,5)15(18)19/h6-7,10,13,17H,8-9H2,1-5H3. The Balaban J connectivity index is 2.39. The maximum atomic E-state index is 12.7. The molecule has 1 saturated heterocycles. The minimum Gasteiger partial charge on any atom is -0.311 e. The van der Waals surface area contributed by atoms with Crippen molar-refractivity contribution in [2.24, 2.45) is 0 Å². The van der Waals surface area contributed by atoms with Crippen LogP contribution >= 0.6 is 0 Å². The van der Waals surface area contributed by atoms with Crippen LogP contribution in [0.4, 0.5) is 5.69 Å². The number of anilines is 1. The molecule has 0 saturated carbocycles. The topological polar surface area (TPSA) is 32.3 Å². The maximum absolute atomic E-state index is 12.7. The van der Waals surface area contributed by atoms with E-state index in [2.05, 4.69) is 44.3 Å². The Bertz CT molecular complexity index is 494. The van der Waals surface area contributed by atoms with Crippen LogP contribution in [0.1, 0.15) is 38.3 Å². The smallest absolute Gasteiger partial charge is 0.246 e. The van der Waals surface area contributed by atoms with Crippen LogP contribution in [0.5, 0.6) is 0 Å². The van der Waals surface area contributed by atoms with E-state index in [1.54, 1.807) is 0 Å². The lowest BCUT2D eigenvalue weighted by Gasteiger charge is -2.30. The number of amides is 1. The first-order chi connectivity index (χ1) is 8.81. The zero-order chi connectivity index (χ0) is 14.2. The van der Waals surface area contributed by atoms with Crippen LogP contribution in [0.25, 0.3) is 0 Å². The Kier molecular flexibility index (Phi) is 3.68. The van der Waals surface area contributed by atoms with Crippen LogP contribution in [0, 0.1) is 13.8 Å².